The van der Waals surface area contributed by atoms with Crippen LogP contribution in [0.1, 0.15) is 22.3 Å². The molecule has 4 heteroatoms. The van der Waals surface area contributed by atoms with Gasteiger partial charge in [-0.2, -0.15) is 0 Å². The molecule has 1 fully saturated rings. The Morgan fingerprint density at radius 3 is 2.36 bits per heavy atom. The summed E-state index contributed by atoms with van der Waals surface area (Å²) in [7, 11) is 0. The molecule has 0 aromatic heterocycles. The van der Waals surface area contributed by atoms with Crippen LogP contribution in [0.4, 0.5) is 0 Å². The maximum atomic E-state index is 12.1. The largest absolute Gasteiger partial charge is 0.347 e. The smallest absolute Gasteiger partial charge is 0.251 e. The van der Waals surface area contributed by atoms with Crippen LogP contribution in [-0.4, -0.2) is 29.3 Å². The van der Waals surface area contributed by atoms with Crippen molar-refractivity contribution in [2.24, 2.45) is 0 Å². The van der Waals surface area contributed by atoms with Gasteiger partial charge in [0.05, 0.1) is 6.04 Å². The first-order chi connectivity index (χ1) is 10.7. The second-order valence-electron chi connectivity index (χ2n) is 5.50. The first-order valence-electron chi connectivity index (χ1n) is 7.40. The number of rotatable bonds is 4. The molecule has 0 radical (unpaired) electrons. The molecule has 3 rings (SSSR count). The Morgan fingerprint density at radius 1 is 1.05 bits per heavy atom. The van der Waals surface area contributed by atoms with E-state index in [2.05, 4.69) is 5.32 Å². The first kappa shape index (κ1) is 14.3. The molecule has 0 aliphatic carbocycles. The van der Waals surface area contributed by atoms with Crippen LogP contribution < -0.4 is 5.32 Å². The SMILES string of the molecule is O=C(N[C@@H]1CC(=O)N(Cc2ccccc2)C1)c1ccccc1. The monoisotopic (exact) mass is 294 g/mol. The number of carbonyl (C=O) groups excluding carboxylic acids is 2. The summed E-state index contributed by atoms with van der Waals surface area (Å²) in [5, 5.41) is 2.94. The molecular weight excluding hydrogens is 276 g/mol. The van der Waals surface area contributed by atoms with Crippen LogP contribution in [0.3, 0.4) is 0 Å². The highest BCUT2D eigenvalue weighted by Crippen LogP contribution is 2.15. The summed E-state index contributed by atoms with van der Waals surface area (Å²) >= 11 is 0. The lowest BCUT2D eigenvalue weighted by Gasteiger charge is -2.17. The number of hydrogen-bond acceptors (Lipinski definition) is 2. The topological polar surface area (TPSA) is 49.4 Å². The molecule has 2 amide bonds. The summed E-state index contributed by atoms with van der Waals surface area (Å²) < 4.78 is 0. The Labute approximate surface area is 129 Å². The molecule has 22 heavy (non-hydrogen) atoms. The van der Waals surface area contributed by atoms with Crippen molar-refractivity contribution < 1.29 is 9.59 Å². The number of nitrogens with zero attached hydrogens (tertiary/aromatic N) is 1. The van der Waals surface area contributed by atoms with Crippen molar-refractivity contribution in [2.45, 2.75) is 19.0 Å². The molecule has 1 atom stereocenters. The molecule has 2 aromatic rings. The lowest BCUT2D eigenvalue weighted by atomic mass is 10.2. The maximum Gasteiger partial charge on any atom is 0.251 e. The fourth-order valence-corrected chi connectivity index (χ4v) is 2.68. The van der Waals surface area contributed by atoms with Crippen LogP contribution in [0.25, 0.3) is 0 Å². The van der Waals surface area contributed by atoms with Gasteiger partial charge in [0.1, 0.15) is 0 Å². The molecule has 0 spiro atoms. The van der Waals surface area contributed by atoms with E-state index in [0.717, 1.165) is 5.56 Å². The van der Waals surface area contributed by atoms with E-state index in [-0.39, 0.29) is 17.9 Å². The van der Waals surface area contributed by atoms with Crippen molar-refractivity contribution in [3.8, 4) is 0 Å². The van der Waals surface area contributed by atoms with Gasteiger partial charge in [0.15, 0.2) is 0 Å². The molecule has 112 valence electrons. The van der Waals surface area contributed by atoms with Crippen LogP contribution >= 0.6 is 0 Å². The predicted octanol–water partition coefficient (Wildman–Crippen LogP) is 2.22. The zero-order chi connectivity index (χ0) is 15.4. The maximum absolute atomic E-state index is 12.1. The van der Waals surface area contributed by atoms with Crippen molar-refractivity contribution >= 4 is 11.8 Å². The van der Waals surface area contributed by atoms with Crippen molar-refractivity contribution in [3.63, 3.8) is 0 Å². The molecule has 1 N–H and O–H groups in total. The minimum atomic E-state index is -0.125. The number of hydrogen-bond donors (Lipinski definition) is 1. The number of carbonyl (C=O) groups is 2. The third-order valence-corrected chi connectivity index (χ3v) is 3.80. The standard InChI is InChI=1S/C18H18N2O2/c21-17-11-16(19-18(22)15-9-5-2-6-10-15)13-20(17)12-14-7-3-1-4-8-14/h1-10,16H,11-13H2,(H,19,22)/t16-/m1/s1. The summed E-state index contributed by atoms with van der Waals surface area (Å²) in [5.41, 5.74) is 1.72. The van der Waals surface area contributed by atoms with Gasteiger partial charge < -0.3 is 10.2 Å². The van der Waals surface area contributed by atoms with E-state index in [1.165, 1.54) is 0 Å². The molecule has 0 bridgehead atoms. The molecule has 1 heterocycles. The summed E-state index contributed by atoms with van der Waals surface area (Å²) in [6.45, 7) is 1.16. The van der Waals surface area contributed by atoms with E-state index < -0.39 is 0 Å². The van der Waals surface area contributed by atoms with Gasteiger partial charge in [-0.25, -0.2) is 0 Å². The van der Waals surface area contributed by atoms with Crippen LogP contribution in [-0.2, 0) is 11.3 Å². The Morgan fingerprint density at radius 2 is 1.68 bits per heavy atom. The van der Waals surface area contributed by atoms with E-state index in [9.17, 15) is 9.59 Å². The normalized spacial score (nSPS) is 17.5. The summed E-state index contributed by atoms with van der Waals surface area (Å²) in [4.78, 5) is 26.0. The minimum Gasteiger partial charge on any atom is -0.347 e. The van der Waals surface area contributed by atoms with Crippen molar-refractivity contribution in [2.75, 3.05) is 6.54 Å². The van der Waals surface area contributed by atoms with Crippen molar-refractivity contribution in [1.82, 2.24) is 10.2 Å². The third kappa shape index (κ3) is 3.34. The Hall–Kier alpha value is -2.62. The molecule has 4 nitrogen and oxygen atoms in total. The van der Waals surface area contributed by atoms with Crippen LogP contribution in [0.15, 0.2) is 60.7 Å². The number of nitrogens with one attached hydrogen (secondary N) is 1. The third-order valence-electron chi connectivity index (χ3n) is 3.80. The molecule has 1 aliphatic rings. The zero-order valence-electron chi connectivity index (χ0n) is 12.2. The second kappa shape index (κ2) is 6.43. The molecule has 2 aromatic carbocycles. The van der Waals surface area contributed by atoms with E-state index in [4.69, 9.17) is 0 Å². The molecule has 0 unspecified atom stereocenters. The minimum absolute atomic E-state index is 0.0854. The highest BCUT2D eigenvalue weighted by molar-refractivity contribution is 5.95. The molecular formula is C18H18N2O2. The Balaban J connectivity index is 1.59. The highest BCUT2D eigenvalue weighted by atomic mass is 16.2. The van der Waals surface area contributed by atoms with Crippen molar-refractivity contribution in [1.29, 1.82) is 0 Å². The quantitative estimate of drug-likeness (QED) is 0.940. The highest BCUT2D eigenvalue weighted by Gasteiger charge is 2.30. The predicted molar refractivity (Wildman–Crippen MR) is 84.2 cm³/mol. The fraction of sp³-hybridized carbons (Fsp3) is 0.222. The van der Waals surface area contributed by atoms with E-state index in [1.54, 1.807) is 17.0 Å². The van der Waals surface area contributed by atoms with Gasteiger partial charge >= 0.3 is 0 Å². The van der Waals surface area contributed by atoms with Gasteiger partial charge in [0.25, 0.3) is 5.91 Å². The average Bonchev–Trinajstić information content (AvgIpc) is 2.88. The number of likely N-dealkylation sites (tertiary alicyclic amines) is 1. The fourth-order valence-electron chi connectivity index (χ4n) is 2.68. The zero-order valence-corrected chi connectivity index (χ0v) is 12.2. The van der Waals surface area contributed by atoms with Gasteiger partial charge in [0.2, 0.25) is 5.91 Å². The number of benzene rings is 2. The number of amides is 2. The van der Waals surface area contributed by atoms with Crippen LogP contribution in [0.2, 0.25) is 0 Å². The first-order valence-corrected chi connectivity index (χ1v) is 7.40. The summed E-state index contributed by atoms with van der Waals surface area (Å²) in [6.07, 6.45) is 0.366. The average molecular weight is 294 g/mol. The summed E-state index contributed by atoms with van der Waals surface area (Å²) in [5.74, 6) is -0.0397. The van der Waals surface area contributed by atoms with E-state index in [1.807, 2.05) is 48.5 Å². The second-order valence-corrected chi connectivity index (χ2v) is 5.50. The van der Waals surface area contributed by atoms with Crippen molar-refractivity contribution in [3.05, 3.63) is 71.8 Å². The Bertz CT molecular complexity index is 655. The van der Waals surface area contributed by atoms with Gasteiger partial charge in [-0.1, -0.05) is 48.5 Å². The molecule has 1 saturated heterocycles. The Kier molecular flexibility index (Phi) is 4.19. The van der Waals surface area contributed by atoms with Gasteiger partial charge in [-0.05, 0) is 17.7 Å². The lowest BCUT2D eigenvalue weighted by Crippen LogP contribution is -2.37. The lowest BCUT2D eigenvalue weighted by molar-refractivity contribution is -0.128. The molecule has 0 saturated carbocycles. The van der Waals surface area contributed by atoms with E-state index in [0.29, 0.717) is 25.1 Å². The summed E-state index contributed by atoms with van der Waals surface area (Å²) in [6, 6.07) is 18.8. The van der Waals surface area contributed by atoms with Crippen LogP contribution in [0, 0.1) is 0 Å². The van der Waals surface area contributed by atoms with Gasteiger partial charge in [-0.3, -0.25) is 9.59 Å². The molecule has 1 aliphatic heterocycles. The van der Waals surface area contributed by atoms with E-state index >= 15 is 0 Å². The van der Waals surface area contributed by atoms with Gasteiger partial charge in [-0.15, -0.1) is 0 Å². The van der Waals surface area contributed by atoms with Crippen LogP contribution in [0.5, 0.6) is 0 Å². The van der Waals surface area contributed by atoms with Gasteiger partial charge in [0, 0.05) is 25.1 Å².